The minimum absolute atomic E-state index is 0.186. The van der Waals surface area contributed by atoms with Crippen molar-refractivity contribution in [2.75, 3.05) is 10.6 Å². The molecule has 0 unspecified atom stereocenters. The van der Waals surface area contributed by atoms with E-state index in [4.69, 9.17) is 0 Å². The molecule has 1 aromatic carbocycles. The van der Waals surface area contributed by atoms with Gasteiger partial charge in [-0.1, -0.05) is 28.1 Å². The van der Waals surface area contributed by atoms with E-state index in [1.807, 2.05) is 0 Å². The summed E-state index contributed by atoms with van der Waals surface area (Å²) in [4.78, 5) is 11.5. The van der Waals surface area contributed by atoms with E-state index in [1.165, 1.54) is 18.2 Å². The van der Waals surface area contributed by atoms with Gasteiger partial charge in [-0.15, -0.1) is 0 Å². The average molecular weight is 324 g/mol. The van der Waals surface area contributed by atoms with Gasteiger partial charge in [-0.05, 0) is 25.0 Å². The number of carbonyl (C=O) groups is 1. The van der Waals surface area contributed by atoms with Crippen molar-refractivity contribution in [1.82, 2.24) is 0 Å². The van der Waals surface area contributed by atoms with Gasteiger partial charge in [-0.2, -0.15) is 13.2 Å². The molecule has 0 aliphatic heterocycles. The van der Waals surface area contributed by atoms with Crippen LogP contribution >= 0.6 is 15.9 Å². The number of carbonyl (C=O) groups excluding carboxylic acids is 1. The zero-order valence-electron chi connectivity index (χ0n) is 9.56. The molecule has 0 aliphatic carbocycles. The van der Waals surface area contributed by atoms with Crippen LogP contribution in [-0.2, 0) is 11.0 Å². The van der Waals surface area contributed by atoms with Gasteiger partial charge >= 0.3 is 6.18 Å². The van der Waals surface area contributed by atoms with Crippen LogP contribution in [0.1, 0.15) is 24.8 Å². The SMILES string of the molecule is O=C(CCCCBr)Nc1ccccc1C(F)(F)F. The van der Waals surface area contributed by atoms with Crippen LogP contribution in [0.2, 0.25) is 0 Å². The maximum Gasteiger partial charge on any atom is 0.418 e. The van der Waals surface area contributed by atoms with E-state index >= 15 is 0 Å². The molecule has 0 spiro atoms. The molecule has 100 valence electrons. The van der Waals surface area contributed by atoms with Crippen molar-refractivity contribution >= 4 is 27.5 Å². The highest BCUT2D eigenvalue weighted by atomic mass is 79.9. The van der Waals surface area contributed by atoms with E-state index < -0.39 is 17.6 Å². The first-order chi connectivity index (χ1) is 8.45. The molecular weight excluding hydrogens is 311 g/mol. The number of anilines is 1. The summed E-state index contributed by atoms with van der Waals surface area (Å²) in [6.45, 7) is 0. The Labute approximate surface area is 112 Å². The van der Waals surface area contributed by atoms with Crippen LogP contribution in [0.15, 0.2) is 24.3 Å². The second-order valence-corrected chi connectivity index (χ2v) is 4.53. The van der Waals surface area contributed by atoms with Crippen LogP contribution in [0.5, 0.6) is 0 Å². The molecule has 0 fully saturated rings. The highest BCUT2D eigenvalue weighted by molar-refractivity contribution is 9.09. The lowest BCUT2D eigenvalue weighted by atomic mass is 10.1. The Bertz CT molecular complexity index is 407. The molecule has 1 N–H and O–H groups in total. The van der Waals surface area contributed by atoms with Crippen molar-refractivity contribution in [1.29, 1.82) is 0 Å². The van der Waals surface area contributed by atoms with Gasteiger partial charge in [-0.25, -0.2) is 0 Å². The Morgan fingerprint density at radius 3 is 2.50 bits per heavy atom. The molecule has 18 heavy (non-hydrogen) atoms. The largest absolute Gasteiger partial charge is 0.418 e. The van der Waals surface area contributed by atoms with Crippen LogP contribution in [0.25, 0.3) is 0 Å². The van der Waals surface area contributed by atoms with Crippen LogP contribution in [0.4, 0.5) is 18.9 Å². The first-order valence-corrected chi connectivity index (χ1v) is 6.59. The fourth-order valence-corrected chi connectivity index (χ4v) is 1.83. The van der Waals surface area contributed by atoms with E-state index in [9.17, 15) is 18.0 Å². The number of rotatable bonds is 5. The fraction of sp³-hybridized carbons (Fsp3) is 0.417. The van der Waals surface area contributed by atoms with Crippen LogP contribution in [-0.4, -0.2) is 11.2 Å². The number of amides is 1. The number of para-hydroxylation sites is 1. The second kappa shape index (κ2) is 6.78. The summed E-state index contributed by atoms with van der Waals surface area (Å²) in [5, 5.41) is 3.08. The molecule has 0 saturated heterocycles. The summed E-state index contributed by atoms with van der Waals surface area (Å²) in [6.07, 6.45) is -2.78. The van der Waals surface area contributed by atoms with Gasteiger partial charge < -0.3 is 5.32 Å². The summed E-state index contributed by atoms with van der Waals surface area (Å²) in [7, 11) is 0. The van der Waals surface area contributed by atoms with E-state index in [0.717, 1.165) is 17.8 Å². The Balaban J connectivity index is 2.70. The van der Waals surface area contributed by atoms with Gasteiger partial charge in [0, 0.05) is 11.8 Å². The zero-order chi connectivity index (χ0) is 13.6. The second-order valence-electron chi connectivity index (χ2n) is 3.74. The molecule has 0 aliphatic rings. The molecule has 0 saturated carbocycles. The molecule has 0 atom stereocenters. The Morgan fingerprint density at radius 2 is 1.89 bits per heavy atom. The molecule has 6 heteroatoms. The van der Waals surface area contributed by atoms with Crippen LogP contribution in [0.3, 0.4) is 0 Å². The van der Waals surface area contributed by atoms with Crippen LogP contribution < -0.4 is 5.32 Å². The van der Waals surface area contributed by atoms with E-state index in [2.05, 4.69) is 21.2 Å². The molecule has 1 aromatic rings. The van der Waals surface area contributed by atoms with Crippen molar-refractivity contribution in [3.05, 3.63) is 29.8 Å². The first-order valence-electron chi connectivity index (χ1n) is 5.47. The number of hydrogen-bond acceptors (Lipinski definition) is 1. The minimum atomic E-state index is -4.46. The third kappa shape index (κ3) is 4.68. The smallest absolute Gasteiger partial charge is 0.326 e. The van der Waals surface area contributed by atoms with Crippen LogP contribution in [0, 0.1) is 0 Å². The van der Waals surface area contributed by atoms with Crippen molar-refractivity contribution in [2.45, 2.75) is 25.4 Å². The van der Waals surface area contributed by atoms with Gasteiger partial charge in [0.25, 0.3) is 0 Å². The fourth-order valence-electron chi connectivity index (χ4n) is 1.43. The predicted molar refractivity (Wildman–Crippen MR) is 67.7 cm³/mol. The van der Waals surface area contributed by atoms with Gasteiger partial charge in [0.1, 0.15) is 0 Å². The monoisotopic (exact) mass is 323 g/mol. The number of hydrogen-bond donors (Lipinski definition) is 1. The van der Waals surface area contributed by atoms with Crippen molar-refractivity contribution in [3.8, 4) is 0 Å². The lowest BCUT2D eigenvalue weighted by molar-refractivity contribution is -0.137. The number of nitrogens with one attached hydrogen (secondary N) is 1. The maximum absolute atomic E-state index is 12.6. The van der Waals surface area contributed by atoms with E-state index in [1.54, 1.807) is 0 Å². The Morgan fingerprint density at radius 1 is 1.22 bits per heavy atom. The third-order valence-corrected chi connectivity index (χ3v) is 2.85. The highest BCUT2D eigenvalue weighted by Crippen LogP contribution is 2.34. The van der Waals surface area contributed by atoms with Gasteiger partial charge in [0.15, 0.2) is 0 Å². The molecule has 0 radical (unpaired) electrons. The lowest BCUT2D eigenvalue weighted by Gasteiger charge is -2.13. The van der Waals surface area contributed by atoms with Gasteiger partial charge in [0.2, 0.25) is 5.91 Å². The topological polar surface area (TPSA) is 29.1 Å². The summed E-state index contributed by atoms with van der Waals surface area (Å²) < 4.78 is 37.9. The third-order valence-electron chi connectivity index (χ3n) is 2.29. The molecule has 0 bridgehead atoms. The Kier molecular flexibility index (Phi) is 5.65. The predicted octanol–water partition coefficient (Wildman–Crippen LogP) is 4.21. The zero-order valence-corrected chi connectivity index (χ0v) is 11.1. The lowest BCUT2D eigenvalue weighted by Crippen LogP contribution is -2.16. The standard InChI is InChI=1S/C12H13BrF3NO/c13-8-4-3-7-11(18)17-10-6-2-1-5-9(10)12(14,15)16/h1-2,5-6H,3-4,7-8H2,(H,17,18). The van der Waals surface area contributed by atoms with Crippen molar-refractivity contribution < 1.29 is 18.0 Å². The molecule has 1 amide bonds. The van der Waals surface area contributed by atoms with E-state index in [0.29, 0.717) is 6.42 Å². The Hall–Kier alpha value is -1.04. The first kappa shape index (κ1) is 15.0. The van der Waals surface area contributed by atoms with Crippen molar-refractivity contribution in [2.24, 2.45) is 0 Å². The molecule has 1 rings (SSSR count). The number of alkyl halides is 4. The molecular formula is C12H13BrF3NO. The molecule has 2 nitrogen and oxygen atoms in total. The normalized spacial score (nSPS) is 11.3. The molecule has 0 aromatic heterocycles. The van der Waals surface area contributed by atoms with Crippen molar-refractivity contribution in [3.63, 3.8) is 0 Å². The summed E-state index contributed by atoms with van der Waals surface area (Å²) in [5.74, 6) is -0.396. The number of benzene rings is 1. The highest BCUT2D eigenvalue weighted by Gasteiger charge is 2.33. The summed E-state index contributed by atoms with van der Waals surface area (Å²) in [5.41, 5.74) is -1.01. The van der Waals surface area contributed by atoms with Gasteiger partial charge in [0.05, 0.1) is 11.3 Å². The minimum Gasteiger partial charge on any atom is -0.326 e. The van der Waals surface area contributed by atoms with E-state index in [-0.39, 0.29) is 12.1 Å². The quantitative estimate of drug-likeness (QED) is 0.638. The maximum atomic E-state index is 12.6. The molecule has 0 heterocycles. The number of unbranched alkanes of at least 4 members (excludes halogenated alkanes) is 1. The summed E-state index contributed by atoms with van der Waals surface area (Å²) >= 11 is 3.22. The number of halogens is 4. The average Bonchev–Trinajstić information content (AvgIpc) is 2.28. The summed E-state index contributed by atoms with van der Waals surface area (Å²) in [6, 6.07) is 4.96. The van der Waals surface area contributed by atoms with Gasteiger partial charge in [-0.3, -0.25) is 4.79 Å².